The van der Waals surface area contributed by atoms with E-state index >= 15 is 0 Å². The van der Waals surface area contributed by atoms with Gasteiger partial charge in [0.05, 0.1) is 17.9 Å². The monoisotopic (exact) mass is 298 g/mol. The fourth-order valence-electron chi connectivity index (χ4n) is 2.12. The van der Waals surface area contributed by atoms with E-state index in [2.05, 4.69) is 10.3 Å². The molecule has 114 valence electrons. The normalized spacial score (nSPS) is 10.1. The minimum Gasteiger partial charge on any atom is -0.462 e. The third kappa shape index (κ3) is 3.69. The van der Waals surface area contributed by atoms with Crippen molar-refractivity contribution in [3.8, 4) is 0 Å². The van der Waals surface area contributed by atoms with Crippen LogP contribution in [-0.4, -0.2) is 23.5 Å². The molecule has 0 fully saturated rings. The first-order valence-corrected chi connectivity index (χ1v) is 7.04. The number of hydrogen-bond donors (Lipinski definition) is 1. The molecule has 0 spiro atoms. The second-order valence-corrected chi connectivity index (χ2v) is 4.89. The van der Waals surface area contributed by atoms with Gasteiger partial charge >= 0.3 is 5.97 Å². The molecule has 0 bridgehead atoms. The molecule has 2 aromatic rings. The summed E-state index contributed by atoms with van der Waals surface area (Å²) in [4.78, 5) is 28.4. The number of ether oxygens (including phenoxy) is 1. The van der Waals surface area contributed by atoms with Gasteiger partial charge in [-0.15, -0.1) is 0 Å². The Balaban J connectivity index is 2.27. The van der Waals surface area contributed by atoms with Crippen molar-refractivity contribution >= 4 is 17.6 Å². The molecule has 0 aliphatic rings. The number of carbonyl (C=O) groups excluding carboxylic acids is 2. The van der Waals surface area contributed by atoms with Crippen molar-refractivity contribution in [1.82, 2.24) is 4.98 Å². The van der Waals surface area contributed by atoms with E-state index < -0.39 is 5.97 Å². The lowest BCUT2D eigenvalue weighted by molar-refractivity contribution is 0.0527. The number of esters is 1. The van der Waals surface area contributed by atoms with E-state index in [4.69, 9.17) is 4.74 Å². The Morgan fingerprint density at radius 3 is 2.59 bits per heavy atom. The van der Waals surface area contributed by atoms with Crippen molar-refractivity contribution in [2.75, 3.05) is 11.9 Å². The first-order chi connectivity index (χ1) is 10.5. The minimum atomic E-state index is -0.466. The quantitative estimate of drug-likeness (QED) is 0.881. The van der Waals surface area contributed by atoms with Gasteiger partial charge in [-0.3, -0.25) is 4.79 Å². The number of hydrogen-bond acceptors (Lipinski definition) is 4. The fraction of sp³-hybridized carbons (Fsp3) is 0.235. The molecule has 0 atom stereocenters. The second-order valence-electron chi connectivity index (χ2n) is 4.89. The van der Waals surface area contributed by atoms with Crippen LogP contribution in [0.1, 0.15) is 39.0 Å². The average molecular weight is 298 g/mol. The molecule has 5 nitrogen and oxygen atoms in total. The van der Waals surface area contributed by atoms with Crippen LogP contribution < -0.4 is 5.32 Å². The smallest absolute Gasteiger partial charge is 0.340 e. The first-order valence-electron chi connectivity index (χ1n) is 7.04. The number of amides is 1. The van der Waals surface area contributed by atoms with Crippen LogP contribution in [0, 0.1) is 13.8 Å². The largest absolute Gasteiger partial charge is 0.462 e. The molecule has 1 N–H and O–H groups in total. The minimum absolute atomic E-state index is 0.278. The third-order valence-corrected chi connectivity index (χ3v) is 3.00. The number of pyridine rings is 1. The first kappa shape index (κ1) is 15.7. The van der Waals surface area contributed by atoms with Crippen molar-refractivity contribution in [3.63, 3.8) is 0 Å². The van der Waals surface area contributed by atoms with E-state index in [1.165, 1.54) is 0 Å². The number of carbonyl (C=O) groups is 2. The number of aryl methyl sites for hydroxylation is 2. The molecule has 0 aliphatic heterocycles. The number of nitrogens with one attached hydrogen (secondary N) is 1. The molecule has 2 rings (SSSR count). The van der Waals surface area contributed by atoms with Crippen LogP contribution in [0.25, 0.3) is 0 Å². The van der Waals surface area contributed by atoms with Crippen LogP contribution in [-0.2, 0) is 4.74 Å². The molecule has 5 heteroatoms. The van der Waals surface area contributed by atoms with Crippen LogP contribution >= 0.6 is 0 Å². The summed E-state index contributed by atoms with van der Waals surface area (Å²) >= 11 is 0. The van der Waals surface area contributed by atoms with Crippen molar-refractivity contribution in [3.05, 3.63) is 58.9 Å². The molecule has 1 aromatic carbocycles. The summed E-state index contributed by atoms with van der Waals surface area (Å²) < 4.78 is 4.99. The Hall–Kier alpha value is -2.69. The Morgan fingerprint density at radius 1 is 1.18 bits per heavy atom. The second kappa shape index (κ2) is 6.85. The highest BCUT2D eigenvalue weighted by molar-refractivity contribution is 6.07. The van der Waals surface area contributed by atoms with Gasteiger partial charge in [-0.1, -0.05) is 12.1 Å². The van der Waals surface area contributed by atoms with Gasteiger partial charge in [0, 0.05) is 5.69 Å². The molecule has 1 aromatic heterocycles. The number of rotatable bonds is 4. The zero-order valence-electron chi connectivity index (χ0n) is 12.8. The number of nitrogens with zero attached hydrogens (tertiary/aromatic N) is 1. The van der Waals surface area contributed by atoms with Crippen molar-refractivity contribution in [2.45, 2.75) is 20.8 Å². The van der Waals surface area contributed by atoms with Gasteiger partial charge in [0.15, 0.2) is 0 Å². The number of anilines is 1. The molecular weight excluding hydrogens is 280 g/mol. The Kier molecular flexibility index (Phi) is 4.88. The lowest BCUT2D eigenvalue weighted by Gasteiger charge is -2.10. The molecule has 0 saturated carbocycles. The molecule has 0 radical (unpaired) electrons. The van der Waals surface area contributed by atoms with Gasteiger partial charge < -0.3 is 10.1 Å². The predicted molar refractivity (Wildman–Crippen MR) is 84.1 cm³/mol. The van der Waals surface area contributed by atoms with Crippen LogP contribution in [0.4, 0.5) is 5.69 Å². The molecule has 0 saturated heterocycles. The molecule has 1 amide bonds. The predicted octanol–water partition coefficient (Wildman–Crippen LogP) is 3.13. The van der Waals surface area contributed by atoms with Gasteiger partial charge in [0.2, 0.25) is 0 Å². The van der Waals surface area contributed by atoms with Crippen LogP contribution in [0.3, 0.4) is 0 Å². The van der Waals surface area contributed by atoms with Crippen molar-refractivity contribution in [2.24, 2.45) is 0 Å². The topological polar surface area (TPSA) is 68.3 Å². The highest BCUT2D eigenvalue weighted by atomic mass is 16.5. The number of para-hydroxylation sites is 1. The zero-order chi connectivity index (χ0) is 16.1. The van der Waals surface area contributed by atoms with E-state index in [1.54, 1.807) is 37.3 Å². The maximum absolute atomic E-state index is 12.3. The zero-order valence-corrected chi connectivity index (χ0v) is 12.8. The van der Waals surface area contributed by atoms with Crippen LogP contribution in [0.5, 0.6) is 0 Å². The summed E-state index contributed by atoms with van der Waals surface area (Å²) in [7, 11) is 0. The summed E-state index contributed by atoms with van der Waals surface area (Å²) in [5.74, 6) is -0.824. The summed E-state index contributed by atoms with van der Waals surface area (Å²) in [6, 6.07) is 10.3. The summed E-state index contributed by atoms with van der Waals surface area (Å²) in [6.07, 6.45) is 0. The lowest BCUT2D eigenvalue weighted by atomic mass is 10.1. The van der Waals surface area contributed by atoms with Crippen LogP contribution in [0.2, 0.25) is 0 Å². The Bertz CT molecular complexity index is 691. The van der Waals surface area contributed by atoms with Crippen molar-refractivity contribution in [1.29, 1.82) is 0 Å². The van der Waals surface area contributed by atoms with Gasteiger partial charge in [0.25, 0.3) is 5.91 Å². The van der Waals surface area contributed by atoms with Crippen LogP contribution in [0.15, 0.2) is 36.4 Å². The molecule has 22 heavy (non-hydrogen) atoms. The highest BCUT2D eigenvalue weighted by Gasteiger charge is 2.15. The van der Waals surface area contributed by atoms with Gasteiger partial charge in [-0.25, -0.2) is 9.78 Å². The van der Waals surface area contributed by atoms with E-state index in [1.807, 2.05) is 19.9 Å². The molecule has 0 aliphatic carbocycles. The SMILES string of the molecule is CCOC(=O)c1ccccc1NC(=O)c1cc(C)cc(C)n1. The summed E-state index contributed by atoms with van der Waals surface area (Å²) in [6.45, 7) is 5.74. The van der Waals surface area contributed by atoms with Crippen molar-refractivity contribution < 1.29 is 14.3 Å². The Morgan fingerprint density at radius 2 is 1.91 bits per heavy atom. The van der Waals surface area contributed by atoms with E-state index in [0.29, 0.717) is 16.9 Å². The standard InChI is InChI=1S/C17H18N2O3/c1-4-22-17(21)13-7-5-6-8-14(13)19-16(20)15-10-11(2)9-12(3)18-15/h5-10H,4H2,1-3H3,(H,19,20). The summed E-state index contributed by atoms with van der Waals surface area (Å²) in [5.41, 5.74) is 2.77. The van der Waals surface area contributed by atoms with E-state index in [0.717, 1.165) is 11.3 Å². The van der Waals surface area contributed by atoms with Gasteiger partial charge in [-0.05, 0) is 50.6 Å². The number of benzene rings is 1. The number of aromatic nitrogens is 1. The van der Waals surface area contributed by atoms with Gasteiger partial charge in [-0.2, -0.15) is 0 Å². The molecular formula is C17H18N2O3. The highest BCUT2D eigenvalue weighted by Crippen LogP contribution is 2.17. The summed E-state index contributed by atoms with van der Waals surface area (Å²) in [5, 5.41) is 2.72. The maximum Gasteiger partial charge on any atom is 0.340 e. The molecule has 1 heterocycles. The lowest BCUT2D eigenvalue weighted by Crippen LogP contribution is -2.17. The Labute approximate surface area is 129 Å². The molecule has 0 unspecified atom stereocenters. The third-order valence-electron chi connectivity index (χ3n) is 3.00. The fourth-order valence-corrected chi connectivity index (χ4v) is 2.12. The van der Waals surface area contributed by atoms with E-state index in [-0.39, 0.29) is 12.5 Å². The van der Waals surface area contributed by atoms with E-state index in [9.17, 15) is 9.59 Å². The average Bonchev–Trinajstić information content (AvgIpc) is 2.47. The van der Waals surface area contributed by atoms with Gasteiger partial charge in [0.1, 0.15) is 5.69 Å². The maximum atomic E-state index is 12.3.